The van der Waals surface area contributed by atoms with Gasteiger partial charge >= 0.3 is 12.1 Å². The summed E-state index contributed by atoms with van der Waals surface area (Å²) >= 11 is 1.73. The van der Waals surface area contributed by atoms with E-state index >= 15 is 0 Å². The largest absolute Gasteiger partial charge is 0.490 e. The van der Waals surface area contributed by atoms with Gasteiger partial charge in [-0.15, -0.1) is 11.3 Å². The van der Waals surface area contributed by atoms with Gasteiger partial charge in [-0.1, -0.05) is 6.92 Å². The third kappa shape index (κ3) is 8.16. The van der Waals surface area contributed by atoms with Crippen LogP contribution in [0.25, 0.3) is 22.0 Å². The van der Waals surface area contributed by atoms with Crippen LogP contribution in [0, 0.1) is 0 Å². The van der Waals surface area contributed by atoms with Crippen molar-refractivity contribution in [2.75, 3.05) is 25.9 Å². The van der Waals surface area contributed by atoms with Crippen LogP contribution in [-0.4, -0.2) is 77.2 Å². The van der Waals surface area contributed by atoms with Crippen molar-refractivity contribution in [1.29, 1.82) is 0 Å². The molecule has 2 aromatic heterocycles. The van der Waals surface area contributed by atoms with Crippen LogP contribution in [-0.2, 0) is 21.4 Å². The molecule has 1 amide bonds. The number of benzene rings is 1. The van der Waals surface area contributed by atoms with Crippen molar-refractivity contribution in [3.8, 4) is 11.1 Å². The average molecular weight is 645 g/mol. The number of H-pyrrole nitrogens is 1. The van der Waals surface area contributed by atoms with E-state index in [-0.39, 0.29) is 17.2 Å². The molecule has 14 heteroatoms. The van der Waals surface area contributed by atoms with Gasteiger partial charge in [-0.2, -0.15) is 13.2 Å². The normalized spacial score (nSPS) is 15.5. The van der Waals surface area contributed by atoms with Crippen molar-refractivity contribution in [1.82, 2.24) is 14.2 Å². The van der Waals surface area contributed by atoms with E-state index in [1.807, 2.05) is 12.3 Å². The molecule has 0 aliphatic carbocycles. The van der Waals surface area contributed by atoms with Crippen molar-refractivity contribution in [3.05, 3.63) is 45.8 Å². The number of rotatable bonds is 9. The van der Waals surface area contributed by atoms with E-state index in [0.29, 0.717) is 18.7 Å². The van der Waals surface area contributed by atoms with Gasteiger partial charge in [0.05, 0.1) is 16.8 Å². The Labute approximate surface area is 253 Å². The van der Waals surface area contributed by atoms with Gasteiger partial charge in [-0.25, -0.2) is 17.5 Å². The number of aliphatic carboxylic acids is 1. The molecule has 43 heavy (non-hydrogen) atoms. The molecule has 0 radical (unpaired) electrons. The number of carbonyl (C=O) groups excluding carboxylic acids is 1. The molecular weight excluding hydrogens is 605 g/mol. The van der Waals surface area contributed by atoms with Crippen LogP contribution in [0.2, 0.25) is 0 Å². The highest BCUT2D eigenvalue weighted by molar-refractivity contribution is 7.89. The first-order valence-electron chi connectivity index (χ1n) is 13.9. The lowest BCUT2D eigenvalue weighted by Crippen LogP contribution is -2.39. The number of fused-ring (bicyclic) bond motifs is 1. The fraction of sp³-hybridized carbons (Fsp3) is 0.517. The fourth-order valence-corrected chi connectivity index (χ4v) is 6.99. The Morgan fingerprint density at radius 1 is 1.14 bits per heavy atom. The van der Waals surface area contributed by atoms with Crippen LogP contribution in [0.3, 0.4) is 0 Å². The minimum Gasteiger partial charge on any atom is -0.475 e. The van der Waals surface area contributed by atoms with Gasteiger partial charge in [0.1, 0.15) is 0 Å². The lowest BCUT2D eigenvalue weighted by atomic mass is 9.88. The van der Waals surface area contributed by atoms with E-state index in [1.165, 1.54) is 4.88 Å². The number of alkyl halides is 3. The second-order valence-electron chi connectivity index (χ2n) is 11.3. The van der Waals surface area contributed by atoms with Crippen molar-refractivity contribution in [3.63, 3.8) is 0 Å². The smallest absolute Gasteiger partial charge is 0.475 e. The van der Waals surface area contributed by atoms with Crippen molar-refractivity contribution in [2.45, 2.75) is 71.1 Å². The quantitative estimate of drug-likeness (QED) is 0.270. The summed E-state index contributed by atoms with van der Waals surface area (Å²) in [6.45, 7) is 10.3. The molecule has 0 saturated carbocycles. The summed E-state index contributed by atoms with van der Waals surface area (Å²) in [5.41, 5.74) is 10.3. The number of carboxylic acids is 1. The van der Waals surface area contributed by atoms with Crippen LogP contribution in [0.1, 0.15) is 73.7 Å². The predicted octanol–water partition coefficient (Wildman–Crippen LogP) is 5.78. The number of halogens is 3. The van der Waals surface area contributed by atoms with Crippen LogP contribution < -0.4 is 5.73 Å². The molecule has 1 saturated heterocycles. The number of primary amides is 1. The average Bonchev–Trinajstić information content (AvgIpc) is 3.59. The summed E-state index contributed by atoms with van der Waals surface area (Å²) in [6, 6.07) is 6.24. The van der Waals surface area contributed by atoms with E-state index in [4.69, 9.17) is 15.6 Å². The van der Waals surface area contributed by atoms with Crippen molar-refractivity contribution >= 4 is 44.1 Å². The Morgan fingerprint density at radius 2 is 1.74 bits per heavy atom. The fourth-order valence-electron chi connectivity index (χ4n) is 4.91. The summed E-state index contributed by atoms with van der Waals surface area (Å²) < 4.78 is 57.9. The zero-order valence-electron chi connectivity index (χ0n) is 24.9. The summed E-state index contributed by atoms with van der Waals surface area (Å²) in [4.78, 5) is 28.2. The molecule has 238 valence electrons. The predicted molar refractivity (Wildman–Crippen MR) is 163 cm³/mol. The van der Waals surface area contributed by atoms with Gasteiger partial charge in [0.25, 0.3) is 5.91 Å². The Hall–Kier alpha value is -2.94. The molecule has 9 nitrogen and oxygen atoms in total. The number of aromatic amines is 1. The zero-order valence-corrected chi connectivity index (χ0v) is 26.5. The number of sulfonamides is 1. The lowest BCUT2D eigenvalue weighted by molar-refractivity contribution is -0.192. The van der Waals surface area contributed by atoms with E-state index in [9.17, 15) is 26.4 Å². The molecule has 0 unspecified atom stereocenters. The minimum absolute atomic E-state index is 0.119. The molecule has 3 heterocycles. The second-order valence-corrected chi connectivity index (χ2v) is 14.5. The molecule has 4 rings (SSSR count). The monoisotopic (exact) mass is 644 g/mol. The van der Waals surface area contributed by atoms with E-state index in [2.05, 4.69) is 55.2 Å². The molecule has 0 atom stereocenters. The molecule has 1 aliphatic rings. The second kappa shape index (κ2) is 13.4. The lowest BCUT2D eigenvalue weighted by Gasteiger charge is -2.34. The first kappa shape index (κ1) is 34.5. The van der Waals surface area contributed by atoms with Crippen molar-refractivity contribution in [2.24, 2.45) is 5.73 Å². The highest BCUT2D eigenvalue weighted by Gasteiger charge is 2.38. The molecule has 1 fully saturated rings. The summed E-state index contributed by atoms with van der Waals surface area (Å²) in [6.07, 6.45) is -0.536. The van der Waals surface area contributed by atoms with Crippen LogP contribution in [0.15, 0.2) is 29.8 Å². The molecule has 0 spiro atoms. The first-order chi connectivity index (χ1) is 19.9. The molecular formula is C29H39F3N4O5S2. The van der Waals surface area contributed by atoms with E-state index < -0.39 is 28.1 Å². The Morgan fingerprint density at radius 3 is 2.26 bits per heavy atom. The van der Waals surface area contributed by atoms with Crippen LogP contribution in [0.4, 0.5) is 13.2 Å². The van der Waals surface area contributed by atoms with Gasteiger partial charge in [0.15, 0.2) is 0 Å². The molecule has 3 aromatic rings. The maximum Gasteiger partial charge on any atom is 0.490 e. The van der Waals surface area contributed by atoms with E-state index in [1.54, 1.807) is 22.6 Å². The number of amides is 1. The van der Waals surface area contributed by atoms with Gasteiger partial charge in [-0.05, 0) is 93.3 Å². The SMILES string of the molecule is CCC(C)(C)N(C)Cc1cc(-c2cc(C(N)=O)c3[nH]cc(C4CCN(S(=O)(=O)CC)CC4)c3c2)cs1.O=C(O)C(F)(F)F. The minimum atomic E-state index is -5.08. The Balaban J connectivity index is 0.000000646. The van der Waals surface area contributed by atoms with Gasteiger partial charge < -0.3 is 15.8 Å². The first-order valence-corrected chi connectivity index (χ1v) is 16.4. The van der Waals surface area contributed by atoms with Crippen molar-refractivity contribution < 1.29 is 36.3 Å². The number of carboxylic acid groups (broad SMARTS) is 1. The van der Waals surface area contributed by atoms with Crippen LogP contribution in [0.5, 0.6) is 0 Å². The number of carbonyl (C=O) groups is 2. The standard InChI is InChI=1S/C27H38N4O3S2.C2HF3O2/c1-6-27(3,4)30(5)16-21-12-20(17-35-21)19-13-22-24(15-29-25(22)23(14-19)26(28)32)18-8-10-31(11-9-18)36(33,34)7-2;3-2(4,5)1(6)7/h12-15,17-18,29H,6-11,16H2,1-5H3,(H2,28,32);(H,6,7). The number of nitrogens with two attached hydrogens (primary N) is 1. The number of hydrogen-bond donors (Lipinski definition) is 3. The van der Waals surface area contributed by atoms with Gasteiger partial charge in [0, 0.05) is 41.6 Å². The highest BCUT2D eigenvalue weighted by atomic mass is 32.2. The zero-order chi connectivity index (χ0) is 32.3. The highest BCUT2D eigenvalue weighted by Crippen LogP contribution is 2.38. The topological polar surface area (TPSA) is 137 Å². The van der Waals surface area contributed by atoms with Gasteiger partial charge in [0.2, 0.25) is 10.0 Å². The van der Waals surface area contributed by atoms with E-state index in [0.717, 1.165) is 53.4 Å². The Bertz CT molecular complexity index is 1560. The molecule has 1 aromatic carbocycles. The number of nitrogens with zero attached hydrogens (tertiary/aromatic N) is 2. The number of piperidine rings is 1. The van der Waals surface area contributed by atoms with Crippen LogP contribution >= 0.6 is 11.3 Å². The number of hydrogen-bond acceptors (Lipinski definition) is 6. The number of thiophene rings is 1. The molecule has 4 N–H and O–H groups in total. The maximum atomic E-state index is 12.4. The number of aromatic nitrogens is 1. The van der Waals surface area contributed by atoms with Gasteiger partial charge in [-0.3, -0.25) is 9.69 Å². The number of nitrogens with one attached hydrogen (secondary N) is 1. The third-order valence-corrected chi connectivity index (χ3v) is 11.1. The summed E-state index contributed by atoms with van der Waals surface area (Å²) in [5.74, 6) is -2.86. The summed E-state index contributed by atoms with van der Waals surface area (Å²) in [7, 11) is -1.02. The third-order valence-electron chi connectivity index (χ3n) is 8.26. The Kier molecular flexibility index (Phi) is 10.7. The molecule has 1 aliphatic heterocycles. The maximum absolute atomic E-state index is 12.4. The summed E-state index contributed by atoms with van der Waals surface area (Å²) in [5, 5.41) is 10.3. The molecule has 0 bridgehead atoms.